The number of benzene rings is 1. The van der Waals surface area contributed by atoms with Gasteiger partial charge in [0.15, 0.2) is 0 Å². The molecule has 4 nitrogen and oxygen atoms in total. The third-order valence-electron chi connectivity index (χ3n) is 3.75. The van der Waals surface area contributed by atoms with E-state index in [0.717, 1.165) is 21.8 Å². The van der Waals surface area contributed by atoms with Crippen LogP contribution in [0.5, 0.6) is 0 Å². The van der Waals surface area contributed by atoms with Crippen LogP contribution in [0.1, 0.15) is 17.0 Å². The van der Waals surface area contributed by atoms with Crippen LogP contribution in [0, 0.1) is 0 Å². The van der Waals surface area contributed by atoms with E-state index < -0.39 is 0 Å². The third kappa shape index (κ3) is 4.26. The number of thiazole rings is 1. The van der Waals surface area contributed by atoms with Crippen molar-refractivity contribution in [2.45, 2.75) is 19.4 Å². The summed E-state index contributed by atoms with van der Waals surface area (Å²) in [4.78, 5) is 22.8. The Hall–Kier alpha value is -2.53. The van der Waals surface area contributed by atoms with Gasteiger partial charge in [0.1, 0.15) is 0 Å². The zero-order valence-corrected chi connectivity index (χ0v) is 14.4. The van der Waals surface area contributed by atoms with Crippen LogP contribution in [-0.4, -0.2) is 27.8 Å². The first-order valence-corrected chi connectivity index (χ1v) is 8.73. The molecule has 0 aliphatic heterocycles. The van der Waals surface area contributed by atoms with Gasteiger partial charge in [-0.25, -0.2) is 4.98 Å². The second-order valence-corrected chi connectivity index (χ2v) is 6.55. The number of aromatic nitrogens is 2. The summed E-state index contributed by atoms with van der Waals surface area (Å²) in [5.74, 6) is 0.136. The van der Waals surface area contributed by atoms with E-state index in [9.17, 15) is 4.79 Å². The Morgan fingerprint density at radius 2 is 2.00 bits per heavy atom. The molecule has 0 saturated heterocycles. The molecule has 0 N–H and O–H groups in total. The summed E-state index contributed by atoms with van der Waals surface area (Å²) in [6, 6.07) is 13.9. The molecule has 0 aliphatic rings. The molecule has 3 aromatic rings. The minimum absolute atomic E-state index is 0.136. The SMILES string of the molecule is CN(Cc1ccccc1)C(=O)CCc1nc(-c2cccnc2)cs1. The summed E-state index contributed by atoms with van der Waals surface area (Å²) < 4.78 is 0. The van der Waals surface area contributed by atoms with E-state index >= 15 is 0 Å². The topological polar surface area (TPSA) is 46.1 Å². The van der Waals surface area contributed by atoms with Gasteiger partial charge < -0.3 is 4.90 Å². The second kappa shape index (κ2) is 7.84. The number of amides is 1. The molecular weight excluding hydrogens is 318 g/mol. The van der Waals surface area contributed by atoms with Crippen LogP contribution in [-0.2, 0) is 17.8 Å². The lowest BCUT2D eigenvalue weighted by molar-refractivity contribution is -0.130. The Bertz CT molecular complexity index is 787. The van der Waals surface area contributed by atoms with Gasteiger partial charge in [0.2, 0.25) is 5.91 Å². The molecule has 0 atom stereocenters. The van der Waals surface area contributed by atoms with Crippen LogP contribution in [0.15, 0.2) is 60.2 Å². The second-order valence-electron chi connectivity index (χ2n) is 5.60. The number of rotatable bonds is 6. The maximum atomic E-state index is 12.3. The van der Waals surface area contributed by atoms with Crippen LogP contribution < -0.4 is 0 Å². The maximum Gasteiger partial charge on any atom is 0.223 e. The molecule has 2 aromatic heterocycles. The molecule has 0 radical (unpaired) electrons. The molecule has 2 heterocycles. The predicted molar refractivity (Wildman–Crippen MR) is 96.6 cm³/mol. The van der Waals surface area contributed by atoms with Gasteiger partial charge in [-0.15, -0.1) is 11.3 Å². The van der Waals surface area contributed by atoms with Crippen LogP contribution in [0.4, 0.5) is 0 Å². The lowest BCUT2D eigenvalue weighted by Gasteiger charge is -2.16. The Labute approximate surface area is 145 Å². The zero-order chi connectivity index (χ0) is 16.8. The van der Waals surface area contributed by atoms with Crippen LogP contribution in [0.25, 0.3) is 11.3 Å². The zero-order valence-electron chi connectivity index (χ0n) is 13.6. The first kappa shape index (κ1) is 16.3. The van der Waals surface area contributed by atoms with Crippen LogP contribution in [0.3, 0.4) is 0 Å². The fourth-order valence-electron chi connectivity index (χ4n) is 2.42. The highest BCUT2D eigenvalue weighted by molar-refractivity contribution is 7.09. The fourth-order valence-corrected chi connectivity index (χ4v) is 3.23. The summed E-state index contributed by atoms with van der Waals surface area (Å²) in [5.41, 5.74) is 3.07. The van der Waals surface area contributed by atoms with E-state index in [-0.39, 0.29) is 5.91 Å². The Morgan fingerprint density at radius 3 is 2.75 bits per heavy atom. The van der Waals surface area contributed by atoms with Crippen molar-refractivity contribution in [2.75, 3.05) is 7.05 Å². The van der Waals surface area contributed by atoms with Crippen molar-refractivity contribution in [2.24, 2.45) is 0 Å². The average Bonchev–Trinajstić information content (AvgIpc) is 3.10. The minimum Gasteiger partial charge on any atom is -0.341 e. The van der Waals surface area contributed by atoms with E-state index in [2.05, 4.69) is 9.97 Å². The lowest BCUT2D eigenvalue weighted by atomic mass is 10.2. The molecule has 0 saturated carbocycles. The van der Waals surface area contributed by atoms with E-state index in [1.807, 2.05) is 54.9 Å². The van der Waals surface area contributed by atoms with Gasteiger partial charge in [-0.1, -0.05) is 30.3 Å². The average molecular weight is 337 g/mol. The van der Waals surface area contributed by atoms with Gasteiger partial charge in [0, 0.05) is 49.8 Å². The van der Waals surface area contributed by atoms with E-state index in [1.165, 1.54) is 0 Å². The Balaban J connectivity index is 1.54. The van der Waals surface area contributed by atoms with Crippen molar-refractivity contribution in [1.29, 1.82) is 0 Å². The Kier molecular flexibility index (Phi) is 5.33. The Morgan fingerprint density at radius 1 is 1.17 bits per heavy atom. The summed E-state index contributed by atoms with van der Waals surface area (Å²) in [7, 11) is 1.85. The van der Waals surface area contributed by atoms with Crippen molar-refractivity contribution in [3.8, 4) is 11.3 Å². The van der Waals surface area contributed by atoms with Gasteiger partial charge in [-0.3, -0.25) is 9.78 Å². The molecule has 24 heavy (non-hydrogen) atoms. The molecule has 0 bridgehead atoms. The van der Waals surface area contributed by atoms with E-state index in [0.29, 0.717) is 19.4 Å². The smallest absolute Gasteiger partial charge is 0.223 e. The number of carbonyl (C=O) groups is 1. The summed E-state index contributed by atoms with van der Waals surface area (Å²) in [6.07, 6.45) is 4.70. The first-order chi connectivity index (χ1) is 11.7. The van der Waals surface area contributed by atoms with Crippen molar-refractivity contribution >= 4 is 17.2 Å². The third-order valence-corrected chi connectivity index (χ3v) is 4.66. The standard InChI is InChI=1S/C19H19N3OS/c1-22(13-15-6-3-2-4-7-15)19(23)10-9-18-21-17(14-24-18)16-8-5-11-20-12-16/h2-8,11-12,14H,9-10,13H2,1H3. The normalized spacial score (nSPS) is 10.5. The van der Waals surface area contributed by atoms with E-state index in [4.69, 9.17) is 0 Å². The lowest BCUT2D eigenvalue weighted by Crippen LogP contribution is -2.26. The number of hydrogen-bond acceptors (Lipinski definition) is 4. The van der Waals surface area contributed by atoms with Crippen LogP contribution >= 0.6 is 11.3 Å². The van der Waals surface area contributed by atoms with Gasteiger partial charge in [-0.2, -0.15) is 0 Å². The summed E-state index contributed by atoms with van der Waals surface area (Å²) in [5, 5.41) is 3.00. The number of carbonyl (C=O) groups excluding carboxylic acids is 1. The number of aryl methyl sites for hydroxylation is 1. The number of pyridine rings is 1. The number of nitrogens with zero attached hydrogens (tertiary/aromatic N) is 3. The molecule has 1 amide bonds. The highest BCUT2D eigenvalue weighted by Gasteiger charge is 2.11. The van der Waals surface area contributed by atoms with Gasteiger partial charge >= 0.3 is 0 Å². The van der Waals surface area contributed by atoms with E-state index in [1.54, 1.807) is 28.6 Å². The highest BCUT2D eigenvalue weighted by Crippen LogP contribution is 2.21. The van der Waals surface area contributed by atoms with Crippen LogP contribution in [0.2, 0.25) is 0 Å². The van der Waals surface area contributed by atoms with Crippen molar-refractivity contribution in [3.63, 3.8) is 0 Å². The van der Waals surface area contributed by atoms with Crippen molar-refractivity contribution in [1.82, 2.24) is 14.9 Å². The maximum absolute atomic E-state index is 12.3. The molecule has 122 valence electrons. The summed E-state index contributed by atoms with van der Waals surface area (Å²) >= 11 is 1.59. The molecule has 3 rings (SSSR count). The molecule has 0 unspecified atom stereocenters. The molecule has 0 spiro atoms. The van der Waals surface area contributed by atoms with Gasteiger partial charge in [0.05, 0.1) is 10.7 Å². The predicted octanol–water partition coefficient (Wildman–Crippen LogP) is 3.80. The number of hydrogen-bond donors (Lipinski definition) is 0. The quantitative estimate of drug-likeness (QED) is 0.687. The van der Waals surface area contributed by atoms with Gasteiger partial charge in [-0.05, 0) is 17.7 Å². The molecule has 1 aromatic carbocycles. The van der Waals surface area contributed by atoms with Crippen molar-refractivity contribution in [3.05, 3.63) is 70.8 Å². The fraction of sp³-hybridized carbons (Fsp3) is 0.211. The molecule has 5 heteroatoms. The summed E-state index contributed by atoms with van der Waals surface area (Å²) in [6.45, 7) is 0.637. The first-order valence-electron chi connectivity index (χ1n) is 7.85. The van der Waals surface area contributed by atoms with Gasteiger partial charge in [0.25, 0.3) is 0 Å². The monoisotopic (exact) mass is 337 g/mol. The highest BCUT2D eigenvalue weighted by atomic mass is 32.1. The molecule has 0 aliphatic carbocycles. The molecular formula is C19H19N3OS. The minimum atomic E-state index is 0.136. The largest absolute Gasteiger partial charge is 0.341 e. The van der Waals surface area contributed by atoms with Crippen molar-refractivity contribution < 1.29 is 4.79 Å². The molecule has 0 fully saturated rings.